The Hall–Kier alpha value is -3.39. The first-order chi connectivity index (χ1) is 18.1. The number of para-hydroxylation sites is 2. The molecule has 2 aliphatic rings. The van der Waals surface area contributed by atoms with Crippen LogP contribution >= 0.6 is 0 Å². The Morgan fingerprint density at radius 2 is 1.16 bits per heavy atom. The number of hydrogen-bond acceptors (Lipinski definition) is 2. The predicted molar refractivity (Wildman–Crippen MR) is 164 cm³/mol. The molecule has 2 nitrogen and oxygen atoms in total. The summed E-state index contributed by atoms with van der Waals surface area (Å²) in [6.07, 6.45) is 0. The molecule has 0 radical (unpaired) electrons. The molecule has 0 amide bonds. The van der Waals surface area contributed by atoms with Crippen molar-refractivity contribution in [1.82, 2.24) is 0 Å². The molecular weight excluding hydrogens is 460 g/mol. The van der Waals surface area contributed by atoms with Crippen molar-refractivity contribution >= 4 is 27.9 Å². The van der Waals surface area contributed by atoms with Crippen LogP contribution < -0.4 is 5.32 Å². The number of nitrogens with zero attached hydrogens (tertiary/aromatic N) is 1. The summed E-state index contributed by atoms with van der Waals surface area (Å²) in [6, 6.07) is 27.1. The van der Waals surface area contributed by atoms with Crippen molar-refractivity contribution in [1.29, 1.82) is 0 Å². The van der Waals surface area contributed by atoms with Crippen LogP contribution in [0.5, 0.6) is 0 Å². The number of hydrogen-bond donors (Lipinski definition) is 1. The van der Waals surface area contributed by atoms with Gasteiger partial charge in [-0.15, -0.1) is 0 Å². The molecule has 0 saturated heterocycles. The summed E-state index contributed by atoms with van der Waals surface area (Å²) in [5, 5.41) is 6.81. The van der Waals surface area contributed by atoms with E-state index in [1.807, 2.05) is 0 Å². The van der Waals surface area contributed by atoms with Crippen molar-refractivity contribution in [2.45, 2.75) is 84.1 Å². The molecule has 0 saturated carbocycles. The summed E-state index contributed by atoms with van der Waals surface area (Å²) < 4.78 is 0. The van der Waals surface area contributed by atoms with Crippen LogP contribution in [-0.2, 0) is 11.0 Å². The lowest BCUT2D eigenvalue weighted by molar-refractivity contribution is 0.411. The van der Waals surface area contributed by atoms with Crippen molar-refractivity contribution in [3.05, 3.63) is 106 Å². The van der Waals surface area contributed by atoms with Crippen LogP contribution in [0.25, 0.3) is 10.8 Å². The van der Waals surface area contributed by atoms with Crippen LogP contribution in [0.2, 0.25) is 0 Å². The second-order valence-electron chi connectivity index (χ2n) is 12.7. The fourth-order valence-corrected chi connectivity index (χ4v) is 7.09. The quantitative estimate of drug-likeness (QED) is 0.296. The minimum Gasteiger partial charge on any atom is -0.369 e. The molecule has 0 bridgehead atoms. The summed E-state index contributed by atoms with van der Waals surface area (Å²) in [5.41, 5.74) is 10.9. The van der Waals surface area contributed by atoms with Gasteiger partial charge >= 0.3 is 0 Å². The maximum absolute atomic E-state index is 5.78. The number of aliphatic imine (C=N–C) groups is 1. The Kier molecular flexibility index (Phi) is 5.61. The van der Waals surface area contributed by atoms with Crippen molar-refractivity contribution in [2.75, 3.05) is 5.32 Å². The van der Waals surface area contributed by atoms with Gasteiger partial charge in [0.25, 0.3) is 0 Å². The summed E-state index contributed by atoms with van der Waals surface area (Å²) in [6.45, 7) is 18.5. The van der Waals surface area contributed by atoms with Crippen LogP contribution in [0.3, 0.4) is 0 Å². The number of fused-ring (bicyclic) bond motifs is 2. The van der Waals surface area contributed by atoms with Gasteiger partial charge in [-0.05, 0) is 56.3 Å². The van der Waals surface area contributed by atoms with E-state index in [9.17, 15) is 0 Å². The zero-order valence-corrected chi connectivity index (χ0v) is 24.1. The molecule has 1 heterocycles. The Bertz CT molecular complexity index is 1570. The lowest BCUT2D eigenvalue weighted by Gasteiger charge is -2.40. The van der Waals surface area contributed by atoms with Crippen LogP contribution in [0, 0.1) is 0 Å². The molecule has 4 aromatic rings. The summed E-state index contributed by atoms with van der Waals surface area (Å²) in [5.74, 6) is 1.20. The number of anilines is 1. The molecule has 1 N–H and O–H groups in total. The molecule has 6 rings (SSSR count). The highest BCUT2D eigenvalue weighted by molar-refractivity contribution is 6.26. The lowest BCUT2D eigenvalue weighted by Crippen LogP contribution is -2.50. The molecule has 1 atom stereocenters. The zero-order valence-electron chi connectivity index (χ0n) is 24.1. The van der Waals surface area contributed by atoms with Gasteiger partial charge in [-0.2, -0.15) is 0 Å². The van der Waals surface area contributed by atoms with Crippen molar-refractivity contribution < 1.29 is 0 Å². The maximum Gasteiger partial charge on any atom is 0.116 e. The van der Waals surface area contributed by atoms with E-state index in [0.717, 1.165) is 11.4 Å². The molecule has 0 unspecified atom stereocenters. The third kappa shape index (κ3) is 3.22. The molecule has 0 fully saturated rings. The lowest BCUT2D eigenvalue weighted by atomic mass is 9.66. The van der Waals surface area contributed by atoms with E-state index in [4.69, 9.17) is 4.99 Å². The molecule has 1 spiro atoms. The Balaban J connectivity index is 1.74. The van der Waals surface area contributed by atoms with Gasteiger partial charge in [-0.1, -0.05) is 128 Å². The highest BCUT2D eigenvalue weighted by Crippen LogP contribution is 2.60. The average Bonchev–Trinajstić information content (AvgIpc) is 3.29. The topological polar surface area (TPSA) is 24.4 Å². The van der Waals surface area contributed by atoms with Gasteiger partial charge in [-0.3, -0.25) is 0 Å². The first kappa shape index (κ1) is 24.9. The molecule has 0 aromatic heterocycles. The second kappa shape index (κ2) is 8.56. The van der Waals surface area contributed by atoms with Crippen molar-refractivity contribution in [2.24, 2.45) is 4.99 Å². The van der Waals surface area contributed by atoms with Crippen molar-refractivity contribution in [3.8, 4) is 0 Å². The van der Waals surface area contributed by atoms with Gasteiger partial charge in [0, 0.05) is 16.7 Å². The van der Waals surface area contributed by atoms with E-state index < -0.39 is 5.54 Å². The SMILES string of the molecule is CC(C)c1cccc(C(C)C)c1N=C1c2cccc3cccc(c23)[C@@]12Nc1c(C(C)C)cccc1C2(C)C. The van der Waals surface area contributed by atoms with Gasteiger partial charge in [-0.25, -0.2) is 4.99 Å². The second-order valence-corrected chi connectivity index (χ2v) is 12.7. The third-order valence-electron chi connectivity index (χ3n) is 9.13. The summed E-state index contributed by atoms with van der Waals surface area (Å²) >= 11 is 0. The van der Waals surface area contributed by atoms with Gasteiger partial charge in [0.05, 0.1) is 11.4 Å². The molecule has 4 aromatic carbocycles. The highest BCUT2D eigenvalue weighted by Gasteiger charge is 2.60. The minimum atomic E-state index is -0.470. The Labute approximate surface area is 228 Å². The van der Waals surface area contributed by atoms with E-state index in [1.165, 1.54) is 49.8 Å². The third-order valence-corrected chi connectivity index (χ3v) is 9.13. The molecule has 194 valence electrons. The summed E-state index contributed by atoms with van der Waals surface area (Å²) in [7, 11) is 0. The van der Waals surface area contributed by atoms with E-state index in [1.54, 1.807) is 0 Å². The van der Waals surface area contributed by atoms with Gasteiger partial charge < -0.3 is 5.32 Å². The van der Waals surface area contributed by atoms with Gasteiger partial charge in [0.15, 0.2) is 0 Å². The average molecular weight is 501 g/mol. The maximum atomic E-state index is 5.78. The molecular formula is C36H40N2. The zero-order chi connectivity index (χ0) is 27.0. The fraction of sp³-hybridized carbons (Fsp3) is 0.361. The Morgan fingerprint density at radius 3 is 1.79 bits per heavy atom. The number of nitrogens with one attached hydrogen (secondary N) is 1. The Morgan fingerprint density at radius 1 is 0.632 bits per heavy atom. The first-order valence-corrected chi connectivity index (χ1v) is 14.3. The number of rotatable bonds is 4. The van der Waals surface area contributed by atoms with Gasteiger partial charge in [0.1, 0.15) is 5.54 Å². The largest absolute Gasteiger partial charge is 0.369 e. The molecule has 1 aliphatic heterocycles. The molecule has 1 aliphatic carbocycles. The molecule has 38 heavy (non-hydrogen) atoms. The van der Waals surface area contributed by atoms with Crippen LogP contribution in [0.4, 0.5) is 11.4 Å². The molecule has 2 heteroatoms. The number of benzene rings is 4. The van der Waals surface area contributed by atoms with Crippen LogP contribution in [0.15, 0.2) is 77.8 Å². The standard InChI is InChI=1S/C36H40N2/c1-21(2)25-15-11-16-26(22(3)4)32(25)37-34-28-18-9-13-24-14-10-19-29(31(24)28)36(34)35(7,8)30-20-12-17-27(23(5)6)33(30)38-36/h9-23,38H,1-8H3/t36-/m1/s1. The van der Waals surface area contributed by atoms with Crippen LogP contribution in [-0.4, -0.2) is 5.71 Å². The monoisotopic (exact) mass is 500 g/mol. The smallest absolute Gasteiger partial charge is 0.116 e. The minimum absolute atomic E-state index is 0.218. The van der Waals surface area contributed by atoms with Crippen LogP contribution in [0.1, 0.15) is 107 Å². The van der Waals surface area contributed by atoms with E-state index in [0.29, 0.717) is 17.8 Å². The van der Waals surface area contributed by atoms with E-state index in [2.05, 4.69) is 134 Å². The van der Waals surface area contributed by atoms with E-state index >= 15 is 0 Å². The summed E-state index contributed by atoms with van der Waals surface area (Å²) in [4.78, 5) is 5.78. The fourth-order valence-electron chi connectivity index (χ4n) is 7.09. The van der Waals surface area contributed by atoms with Gasteiger partial charge in [0.2, 0.25) is 0 Å². The van der Waals surface area contributed by atoms with Crippen molar-refractivity contribution in [3.63, 3.8) is 0 Å². The highest BCUT2D eigenvalue weighted by atomic mass is 15.1. The van der Waals surface area contributed by atoms with E-state index in [-0.39, 0.29) is 5.41 Å². The first-order valence-electron chi connectivity index (χ1n) is 14.3. The predicted octanol–water partition coefficient (Wildman–Crippen LogP) is 9.94. The normalized spacial score (nSPS) is 20.3.